The van der Waals surface area contributed by atoms with Crippen molar-refractivity contribution in [3.8, 4) is 11.3 Å². The number of hydrazine groups is 1. The summed E-state index contributed by atoms with van der Waals surface area (Å²) in [6.07, 6.45) is 1.17. The van der Waals surface area contributed by atoms with Gasteiger partial charge in [-0.15, -0.1) is 5.10 Å². The van der Waals surface area contributed by atoms with Crippen LogP contribution < -0.4 is 11.2 Å². The summed E-state index contributed by atoms with van der Waals surface area (Å²) in [5.41, 5.74) is 6.98. The van der Waals surface area contributed by atoms with E-state index in [2.05, 4.69) is 10.2 Å². The molecule has 0 aliphatic rings. The molecule has 1 heterocycles. The maximum absolute atomic E-state index is 10.9. The number of nitro groups is 2. The van der Waals surface area contributed by atoms with Gasteiger partial charge in [-0.2, -0.15) is 5.10 Å². The number of hydrogen-bond acceptors (Lipinski definition) is 7. The molecule has 12 heteroatoms. The van der Waals surface area contributed by atoms with Crippen LogP contribution in [0, 0.1) is 20.2 Å². The number of nitro benzene ring substituents is 1. The Labute approximate surface area is 138 Å². The van der Waals surface area contributed by atoms with Crippen LogP contribution in [0.15, 0.2) is 45.0 Å². The van der Waals surface area contributed by atoms with Gasteiger partial charge in [0.2, 0.25) is 0 Å². The van der Waals surface area contributed by atoms with E-state index in [-0.39, 0.29) is 16.5 Å². The van der Waals surface area contributed by atoms with Crippen molar-refractivity contribution in [2.45, 2.75) is 0 Å². The molecule has 1 aromatic heterocycles. The number of halogens is 1. The first-order valence-electron chi connectivity index (χ1n) is 6.18. The van der Waals surface area contributed by atoms with Gasteiger partial charge >= 0.3 is 0 Å². The van der Waals surface area contributed by atoms with Gasteiger partial charge < -0.3 is 10.2 Å². The summed E-state index contributed by atoms with van der Waals surface area (Å²) < 4.78 is 5.43. The van der Waals surface area contributed by atoms with Crippen molar-refractivity contribution in [2.24, 2.45) is 15.9 Å². The number of furan rings is 1. The number of guanidine groups is 1. The molecule has 0 saturated carbocycles. The Morgan fingerprint density at radius 2 is 2.04 bits per heavy atom. The fourth-order valence-corrected chi connectivity index (χ4v) is 1.83. The number of rotatable bonds is 5. The monoisotopic (exact) mass is 352 g/mol. The Hall–Kier alpha value is -3.47. The van der Waals surface area contributed by atoms with Gasteiger partial charge in [-0.05, 0) is 24.3 Å². The van der Waals surface area contributed by atoms with Crippen molar-refractivity contribution in [1.82, 2.24) is 5.43 Å². The normalized spacial score (nSPS) is 11.6. The van der Waals surface area contributed by atoms with Gasteiger partial charge in [0, 0.05) is 11.6 Å². The second kappa shape index (κ2) is 7.19. The Morgan fingerprint density at radius 1 is 1.29 bits per heavy atom. The lowest BCUT2D eigenvalue weighted by molar-refractivity contribution is -0.525. The zero-order valence-electron chi connectivity index (χ0n) is 11.7. The van der Waals surface area contributed by atoms with Gasteiger partial charge in [-0.25, -0.2) is 10.1 Å². The molecule has 24 heavy (non-hydrogen) atoms. The average molecular weight is 353 g/mol. The predicted octanol–water partition coefficient (Wildman–Crippen LogP) is 1.94. The fraction of sp³-hybridized carbons (Fsp3) is 0. The first kappa shape index (κ1) is 16.9. The van der Waals surface area contributed by atoms with Crippen molar-refractivity contribution in [1.29, 1.82) is 0 Å². The van der Waals surface area contributed by atoms with Gasteiger partial charge in [0.1, 0.15) is 16.5 Å². The minimum absolute atomic E-state index is 0.0141. The quantitative estimate of drug-likeness (QED) is 0.359. The molecule has 0 aliphatic carbocycles. The van der Waals surface area contributed by atoms with Crippen LogP contribution in [0.5, 0.6) is 0 Å². The van der Waals surface area contributed by atoms with Crippen LogP contribution >= 0.6 is 11.6 Å². The Balaban J connectivity index is 2.18. The van der Waals surface area contributed by atoms with Gasteiger partial charge in [0.05, 0.1) is 11.1 Å². The van der Waals surface area contributed by atoms with E-state index in [4.69, 9.17) is 21.8 Å². The summed E-state index contributed by atoms with van der Waals surface area (Å²) in [4.78, 5) is 20.4. The molecular formula is C12H9ClN6O5. The first-order chi connectivity index (χ1) is 11.4. The lowest BCUT2D eigenvalue weighted by atomic mass is 10.1. The standard InChI is InChI=1S/C12H9ClN6O5/c13-9-3-1-7(5-10(9)18(20)21)11-4-2-8(24-11)6-15-16-12(14)17-19(22)23/h1-6H,(H3,14,16,17)/b15-6+. The van der Waals surface area contributed by atoms with E-state index in [1.54, 1.807) is 17.6 Å². The highest BCUT2D eigenvalue weighted by atomic mass is 35.5. The summed E-state index contributed by atoms with van der Waals surface area (Å²) in [6.45, 7) is 0. The molecule has 3 N–H and O–H groups in total. The second-order valence-corrected chi connectivity index (χ2v) is 4.63. The average Bonchev–Trinajstić information content (AvgIpc) is 2.95. The molecule has 0 amide bonds. The van der Waals surface area contributed by atoms with Crippen molar-refractivity contribution in [3.63, 3.8) is 0 Å². The molecule has 1 aromatic carbocycles. The van der Waals surface area contributed by atoms with Crippen LogP contribution in [0.1, 0.15) is 5.76 Å². The van der Waals surface area contributed by atoms with E-state index in [1.807, 2.05) is 0 Å². The molecular weight excluding hydrogens is 344 g/mol. The predicted molar refractivity (Wildman–Crippen MR) is 85.2 cm³/mol. The van der Waals surface area contributed by atoms with E-state index in [0.717, 1.165) is 0 Å². The number of nitrogens with one attached hydrogen (secondary N) is 1. The summed E-state index contributed by atoms with van der Waals surface area (Å²) >= 11 is 5.74. The van der Waals surface area contributed by atoms with Crippen LogP contribution in [0.2, 0.25) is 5.02 Å². The van der Waals surface area contributed by atoms with Gasteiger partial charge in [0.15, 0.2) is 5.03 Å². The molecule has 0 bridgehead atoms. The largest absolute Gasteiger partial charge is 0.455 e. The molecule has 2 aromatic rings. The SMILES string of the molecule is N/C(=N/N=C/c1ccc(-c2ccc(Cl)c([N+](=O)[O-])c2)o1)N[N+](=O)[O-]. The summed E-state index contributed by atoms with van der Waals surface area (Å²) in [6, 6.07) is 7.33. The summed E-state index contributed by atoms with van der Waals surface area (Å²) in [5.74, 6) is 0.105. The van der Waals surface area contributed by atoms with Crippen molar-refractivity contribution < 1.29 is 14.4 Å². The number of nitrogens with two attached hydrogens (primary N) is 1. The minimum atomic E-state index is -0.882. The zero-order chi connectivity index (χ0) is 17.7. The van der Waals surface area contributed by atoms with E-state index < -0.39 is 15.9 Å². The molecule has 0 radical (unpaired) electrons. The van der Waals surface area contributed by atoms with Crippen molar-refractivity contribution in [2.75, 3.05) is 0 Å². The van der Waals surface area contributed by atoms with Gasteiger partial charge in [-0.1, -0.05) is 17.0 Å². The molecule has 0 saturated heterocycles. The van der Waals surface area contributed by atoms with Gasteiger partial charge in [0.25, 0.3) is 11.6 Å². The fourth-order valence-electron chi connectivity index (χ4n) is 1.65. The third-order valence-corrected chi connectivity index (χ3v) is 2.93. The third-order valence-electron chi connectivity index (χ3n) is 2.61. The summed E-state index contributed by atoms with van der Waals surface area (Å²) in [5, 5.41) is 27.0. The summed E-state index contributed by atoms with van der Waals surface area (Å²) in [7, 11) is 0. The maximum Gasteiger partial charge on any atom is 0.288 e. The molecule has 0 unspecified atom stereocenters. The lowest BCUT2D eigenvalue weighted by Crippen LogP contribution is -2.35. The topological polar surface area (TPSA) is 162 Å². The van der Waals surface area contributed by atoms with Crippen molar-refractivity contribution >= 4 is 29.5 Å². The Morgan fingerprint density at radius 3 is 2.71 bits per heavy atom. The van der Waals surface area contributed by atoms with E-state index in [1.165, 1.54) is 24.4 Å². The Kier molecular flexibility index (Phi) is 5.06. The van der Waals surface area contributed by atoms with Crippen LogP contribution in [-0.4, -0.2) is 22.1 Å². The van der Waals surface area contributed by atoms with Crippen LogP contribution in [0.25, 0.3) is 11.3 Å². The zero-order valence-corrected chi connectivity index (χ0v) is 12.5. The third kappa shape index (κ3) is 4.27. The highest BCUT2D eigenvalue weighted by Gasteiger charge is 2.15. The molecule has 0 atom stereocenters. The van der Waals surface area contributed by atoms with Crippen LogP contribution in [0.4, 0.5) is 5.69 Å². The van der Waals surface area contributed by atoms with Crippen LogP contribution in [0.3, 0.4) is 0 Å². The highest BCUT2D eigenvalue weighted by Crippen LogP contribution is 2.30. The Bertz CT molecular complexity index is 846. The molecule has 11 nitrogen and oxygen atoms in total. The molecule has 124 valence electrons. The smallest absolute Gasteiger partial charge is 0.288 e. The minimum Gasteiger partial charge on any atom is -0.455 e. The van der Waals surface area contributed by atoms with Gasteiger partial charge in [-0.3, -0.25) is 10.1 Å². The highest BCUT2D eigenvalue weighted by molar-refractivity contribution is 6.32. The maximum atomic E-state index is 10.9. The van der Waals surface area contributed by atoms with E-state index in [0.29, 0.717) is 11.3 Å². The molecule has 0 fully saturated rings. The molecule has 0 aliphatic heterocycles. The number of benzene rings is 1. The van der Waals surface area contributed by atoms with E-state index >= 15 is 0 Å². The van der Waals surface area contributed by atoms with Crippen LogP contribution in [-0.2, 0) is 0 Å². The first-order valence-corrected chi connectivity index (χ1v) is 6.56. The lowest BCUT2D eigenvalue weighted by Gasteiger charge is -1.99. The van der Waals surface area contributed by atoms with E-state index in [9.17, 15) is 20.2 Å². The number of hydrogen-bond donors (Lipinski definition) is 2. The second-order valence-electron chi connectivity index (χ2n) is 4.22. The molecule has 0 spiro atoms. The number of nitrogens with zero attached hydrogens (tertiary/aromatic N) is 4. The van der Waals surface area contributed by atoms with Crippen molar-refractivity contribution in [3.05, 3.63) is 61.3 Å². The molecule has 2 rings (SSSR count).